The van der Waals surface area contributed by atoms with Crippen LogP contribution in [0.25, 0.3) is 11.4 Å². The number of amides is 2. The van der Waals surface area contributed by atoms with Crippen molar-refractivity contribution in [2.45, 2.75) is 58.2 Å². The maximum absolute atomic E-state index is 13.9. The fraction of sp³-hybridized carbons (Fsp3) is 0.321. The van der Waals surface area contributed by atoms with Gasteiger partial charge in [0.2, 0.25) is 5.82 Å². The van der Waals surface area contributed by atoms with E-state index in [0.717, 1.165) is 31.2 Å². The third-order valence-corrected chi connectivity index (χ3v) is 6.71. The van der Waals surface area contributed by atoms with Crippen molar-refractivity contribution in [2.24, 2.45) is 0 Å². The Labute approximate surface area is 219 Å². The third kappa shape index (κ3) is 5.49. The number of hydrogen-bond acceptors (Lipinski definition) is 6. The first-order chi connectivity index (χ1) is 18.4. The summed E-state index contributed by atoms with van der Waals surface area (Å²) in [5, 5.41) is 15.5. The predicted molar refractivity (Wildman–Crippen MR) is 138 cm³/mol. The van der Waals surface area contributed by atoms with Crippen LogP contribution in [0.5, 0.6) is 0 Å². The van der Waals surface area contributed by atoms with Crippen LogP contribution in [0.15, 0.2) is 65.1 Å². The van der Waals surface area contributed by atoms with Gasteiger partial charge in [-0.2, -0.15) is 4.80 Å². The summed E-state index contributed by atoms with van der Waals surface area (Å²) in [6, 6.07) is 15.6. The molecule has 9 nitrogen and oxygen atoms in total. The van der Waals surface area contributed by atoms with Crippen LogP contribution in [-0.2, 0) is 16.1 Å². The number of anilines is 1. The number of aryl methyl sites for hydroxylation is 2. The van der Waals surface area contributed by atoms with Crippen LogP contribution >= 0.6 is 0 Å². The van der Waals surface area contributed by atoms with Gasteiger partial charge in [0, 0.05) is 17.3 Å². The van der Waals surface area contributed by atoms with Crippen molar-refractivity contribution in [1.82, 2.24) is 25.5 Å². The SMILES string of the molecule is Cc1ccc([C@@H](C(=O)NC2CCCC2)N(C(=O)Cn2nnc(-c3ccc(F)cc3)n2)c2ccccc2C)o1. The third-order valence-electron chi connectivity index (χ3n) is 6.71. The van der Waals surface area contributed by atoms with E-state index in [4.69, 9.17) is 4.42 Å². The molecule has 0 unspecified atom stereocenters. The average molecular weight is 517 g/mol. The van der Waals surface area contributed by atoms with Crippen LogP contribution < -0.4 is 10.2 Å². The minimum absolute atomic E-state index is 0.0603. The number of nitrogens with zero attached hydrogens (tertiary/aromatic N) is 5. The number of carbonyl (C=O) groups is 2. The molecule has 5 rings (SSSR count). The Kier molecular flexibility index (Phi) is 7.30. The summed E-state index contributed by atoms with van der Waals surface area (Å²) in [5.74, 6) is 0.174. The quantitative estimate of drug-likeness (QED) is 0.369. The second-order valence-electron chi connectivity index (χ2n) is 9.54. The molecular weight excluding hydrogens is 487 g/mol. The first-order valence-electron chi connectivity index (χ1n) is 12.7. The topological polar surface area (TPSA) is 106 Å². The van der Waals surface area contributed by atoms with Gasteiger partial charge in [-0.15, -0.1) is 10.2 Å². The highest BCUT2D eigenvalue weighted by atomic mass is 19.1. The van der Waals surface area contributed by atoms with Crippen molar-refractivity contribution < 1.29 is 18.4 Å². The summed E-state index contributed by atoms with van der Waals surface area (Å²) in [6.07, 6.45) is 3.93. The van der Waals surface area contributed by atoms with Gasteiger partial charge >= 0.3 is 0 Å². The van der Waals surface area contributed by atoms with Crippen molar-refractivity contribution in [3.8, 4) is 11.4 Å². The van der Waals surface area contributed by atoms with Gasteiger partial charge < -0.3 is 9.73 Å². The van der Waals surface area contributed by atoms with E-state index in [1.165, 1.54) is 21.8 Å². The van der Waals surface area contributed by atoms with Crippen LogP contribution in [0.2, 0.25) is 0 Å². The molecule has 4 aromatic rings. The number of tetrazole rings is 1. The molecule has 2 aromatic carbocycles. The standard InChI is InChI=1S/C28H29FN6O3/c1-18-7-3-6-10-23(18)35(25(36)17-34-32-27(31-33-34)20-12-14-21(29)15-13-20)26(24-16-11-19(2)38-24)28(37)30-22-8-4-5-9-22/h3,6-7,10-16,22,26H,4-5,8-9,17H2,1-2H3,(H,30,37)/t26-/m0/s1. The largest absolute Gasteiger partial charge is 0.464 e. The number of carbonyl (C=O) groups excluding carboxylic acids is 2. The number of benzene rings is 2. The van der Waals surface area contributed by atoms with E-state index < -0.39 is 11.9 Å². The fourth-order valence-corrected chi connectivity index (χ4v) is 4.80. The monoisotopic (exact) mass is 516 g/mol. The normalized spacial score (nSPS) is 14.4. The van der Waals surface area contributed by atoms with Crippen LogP contribution in [0.4, 0.5) is 10.1 Å². The first-order valence-corrected chi connectivity index (χ1v) is 12.7. The molecule has 1 aliphatic rings. The Morgan fingerprint density at radius 2 is 1.82 bits per heavy atom. The Morgan fingerprint density at radius 1 is 1.08 bits per heavy atom. The zero-order chi connectivity index (χ0) is 26.6. The van der Waals surface area contributed by atoms with Gasteiger partial charge in [0.1, 0.15) is 23.9 Å². The van der Waals surface area contributed by atoms with Crippen molar-refractivity contribution in [3.05, 3.63) is 83.6 Å². The summed E-state index contributed by atoms with van der Waals surface area (Å²) in [4.78, 5) is 30.3. The van der Waals surface area contributed by atoms with Gasteiger partial charge in [0.25, 0.3) is 11.8 Å². The first kappa shape index (κ1) is 25.3. The summed E-state index contributed by atoms with van der Waals surface area (Å²) in [6.45, 7) is 3.41. The highest BCUT2D eigenvalue weighted by Crippen LogP contribution is 2.32. The molecule has 0 aliphatic heterocycles. The Hall–Kier alpha value is -4.34. The molecule has 1 atom stereocenters. The number of aromatic nitrogens is 4. The predicted octanol–water partition coefficient (Wildman–Crippen LogP) is 4.52. The van der Waals surface area contributed by atoms with E-state index in [9.17, 15) is 14.0 Å². The molecule has 2 heterocycles. The average Bonchev–Trinajstić information content (AvgIpc) is 3.67. The van der Waals surface area contributed by atoms with Crippen molar-refractivity contribution in [3.63, 3.8) is 0 Å². The summed E-state index contributed by atoms with van der Waals surface area (Å²) >= 11 is 0. The molecule has 2 aromatic heterocycles. The molecule has 1 N–H and O–H groups in total. The number of para-hydroxylation sites is 1. The summed E-state index contributed by atoms with van der Waals surface area (Å²) in [7, 11) is 0. The van der Waals surface area contributed by atoms with Crippen molar-refractivity contribution in [2.75, 3.05) is 4.90 Å². The van der Waals surface area contributed by atoms with Crippen LogP contribution in [0.1, 0.15) is 48.8 Å². The van der Waals surface area contributed by atoms with Gasteiger partial charge in [0.15, 0.2) is 6.04 Å². The molecule has 2 amide bonds. The second-order valence-corrected chi connectivity index (χ2v) is 9.54. The van der Waals surface area contributed by atoms with Gasteiger partial charge in [-0.3, -0.25) is 14.5 Å². The highest BCUT2D eigenvalue weighted by molar-refractivity contribution is 6.01. The molecule has 196 valence electrons. The van der Waals surface area contributed by atoms with Crippen LogP contribution in [0, 0.1) is 19.7 Å². The molecule has 0 saturated heterocycles. The summed E-state index contributed by atoms with van der Waals surface area (Å²) in [5.41, 5.74) is 1.97. The fourth-order valence-electron chi connectivity index (χ4n) is 4.80. The lowest BCUT2D eigenvalue weighted by molar-refractivity contribution is -0.128. The lowest BCUT2D eigenvalue weighted by Crippen LogP contribution is -2.47. The second kappa shape index (κ2) is 11.0. The van der Waals surface area contributed by atoms with Gasteiger partial charge in [-0.05, 0) is 79.9 Å². The molecule has 1 saturated carbocycles. The zero-order valence-electron chi connectivity index (χ0n) is 21.3. The molecule has 10 heteroatoms. The molecular formula is C28H29FN6O3. The lowest BCUT2D eigenvalue weighted by atomic mass is 10.1. The van der Waals surface area contributed by atoms with E-state index in [1.54, 1.807) is 37.3 Å². The number of rotatable bonds is 8. The van der Waals surface area contributed by atoms with Gasteiger partial charge in [-0.1, -0.05) is 31.0 Å². The molecule has 1 fully saturated rings. The Bertz CT molecular complexity index is 1420. The van der Waals surface area contributed by atoms with E-state index in [2.05, 4.69) is 20.7 Å². The van der Waals surface area contributed by atoms with E-state index in [-0.39, 0.29) is 30.1 Å². The van der Waals surface area contributed by atoms with Crippen molar-refractivity contribution in [1.29, 1.82) is 0 Å². The highest BCUT2D eigenvalue weighted by Gasteiger charge is 2.37. The lowest BCUT2D eigenvalue weighted by Gasteiger charge is -2.31. The Balaban J connectivity index is 1.49. The molecule has 0 spiro atoms. The van der Waals surface area contributed by atoms with E-state index in [0.29, 0.717) is 22.8 Å². The van der Waals surface area contributed by atoms with Crippen LogP contribution in [-0.4, -0.2) is 38.1 Å². The van der Waals surface area contributed by atoms with E-state index >= 15 is 0 Å². The smallest absolute Gasteiger partial charge is 0.251 e. The number of nitrogens with one attached hydrogen (secondary N) is 1. The van der Waals surface area contributed by atoms with Gasteiger partial charge in [-0.25, -0.2) is 4.39 Å². The number of furan rings is 1. The minimum Gasteiger partial charge on any atom is -0.464 e. The Morgan fingerprint density at radius 3 is 2.50 bits per heavy atom. The molecule has 1 aliphatic carbocycles. The van der Waals surface area contributed by atoms with Crippen LogP contribution in [0.3, 0.4) is 0 Å². The number of halogens is 1. The van der Waals surface area contributed by atoms with Gasteiger partial charge in [0.05, 0.1) is 0 Å². The summed E-state index contributed by atoms with van der Waals surface area (Å²) < 4.78 is 19.2. The maximum Gasteiger partial charge on any atom is 0.251 e. The molecule has 0 bridgehead atoms. The molecule has 0 radical (unpaired) electrons. The minimum atomic E-state index is -1.03. The maximum atomic E-state index is 13.9. The zero-order valence-corrected chi connectivity index (χ0v) is 21.3. The molecule has 38 heavy (non-hydrogen) atoms. The van der Waals surface area contributed by atoms with E-state index in [1.807, 2.05) is 25.1 Å². The van der Waals surface area contributed by atoms with Crippen molar-refractivity contribution >= 4 is 17.5 Å². The number of hydrogen-bond donors (Lipinski definition) is 1.